The predicted molar refractivity (Wildman–Crippen MR) is 63.2 cm³/mol. The standard InChI is InChI=1S/C12H15ClFNO/c1-8(7-15-2)12(16)5-9-3-4-10(14)6-11(9)13/h3-4,6,8,15H,5,7H2,1-2H3. The van der Waals surface area contributed by atoms with Crippen molar-refractivity contribution in [2.45, 2.75) is 13.3 Å². The Hall–Kier alpha value is -0.930. The van der Waals surface area contributed by atoms with Crippen LogP contribution in [0.3, 0.4) is 0 Å². The van der Waals surface area contributed by atoms with Crippen LogP contribution in [0.25, 0.3) is 0 Å². The van der Waals surface area contributed by atoms with Crippen LogP contribution in [0.2, 0.25) is 5.02 Å². The van der Waals surface area contributed by atoms with Crippen LogP contribution in [0, 0.1) is 11.7 Å². The molecule has 1 N–H and O–H groups in total. The van der Waals surface area contributed by atoms with Gasteiger partial charge in [-0.3, -0.25) is 4.79 Å². The van der Waals surface area contributed by atoms with E-state index in [9.17, 15) is 9.18 Å². The van der Waals surface area contributed by atoms with Crippen LogP contribution >= 0.6 is 11.6 Å². The number of carbonyl (C=O) groups excluding carboxylic acids is 1. The highest BCUT2D eigenvalue weighted by Gasteiger charge is 2.14. The van der Waals surface area contributed by atoms with Crippen LogP contribution in [-0.4, -0.2) is 19.4 Å². The van der Waals surface area contributed by atoms with Crippen LogP contribution in [0.4, 0.5) is 4.39 Å². The van der Waals surface area contributed by atoms with E-state index in [0.29, 0.717) is 17.1 Å². The average Bonchev–Trinajstić information content (AvgIpc) is 2.22. The van der Waals surface area contributed by atoms with E-state index in [1.54, 1.807) is 13.1 Å². The first-order valence-electron chi connectivity index (χ1n) is 5.16. The maximum Gasteiger partial charge on any atom is 0.141 e. The first-order chi connectivity index (χ1) is 7.54. The van der Waals surface area contributed by atoms with Crippen molar-refractivity contribution in [2.24, 2.45) is 5.92 Å². The predicted octanol–water partition coefficient (Wildman–Crippen LogP) is 2.45. The van der Waals surface area contributed by atoms with E-state index in [2.05, 4.69) is 5.32 Å². The van der Waals surface area contributed by atoms with Crippen molar-refractivity contribution >= 4 is 17.4 Å². The van der Waals surface area contributed by atoms with E-state index >= 15 is 0 Å². The fourth-order valence-corrected chi connectivity index (χ4v) is 1.68. The molecule has 0 radical (unpaired) electrons. The minimum Gasteiger partial charge on any atom is -0.319 e. The molecule has 1 rings (SSSR count). The molecule has 0 aliphatic carbocycles. The second kappa shape index (κ2) is 5.97. The van der Waals surface area contributed by atoms with E-state index < -0.39 is 0 Å². The lowest BCUT2D eigenvalue weighted by atomic mass is 9.99. The molecular weight excluding hydrogens is 229 g/mol. The summed E-state index contributed by atoms with van der Waals surface area (Å²) in [6.45, 7) is 2.49. The molecule has 16 heavy (non-hydrogen) atoms. The van der Waals surface area contributed by atoms with Gasteiger partial charge >= 0.3 is 0 Å². The van der Waals surface area contributed by atoms with Gasteiger partial charge in [0, 0.05) is 23.9 Å². The summed E-state index contributed by atoms with van der Waals surface area (Å²) in [5.74, 6) is -0.349. The Morgan fingerprint density at radius 2 is 2.25 bits per heavy atom. The monoisotopic (exact) mass is 243 g/mol. The van der Waals surface area contributed by atoms with Gasteiger partial charge < -0.3 is 5.32 Å². The first-order valence-corrected chi connectivity index (χ1v) is 5.53. The Morgan fingerprint density at radius 3 is 2.81 bits per heavy atom. The molecule has 0 aliphatic rings. The normalized spacial score (nSPS) is 12.5. The van der Waals surface area contributed by atoms with Crippen molar-refractivity contribution in [2.75, 3.05) is 13.6 Å². The molecule has 2 nitrogen and oxygen atoms in total. The van der Waals surface area contributed by atoms with Crippen LogP contribution in [0.15, 0.2) is 18.2 Å². The van der Waals surface area contributed by atoms with Crippen molar-refractivity contribution in [3.8, 4) is 0 Å². The van der Waals surface area contributed by atoms with Gasteiger partial charge in [0.15, 0.2) is 0 Å². The second-order valence-electron chi connectivity index (χ2n) is 3.84. The molecule has 0 bridgehead atoms. The summed E-state index contributed by atoms with van der Waals surface area (Å²) in [5, 5.41) is 3.25. The van der Waals surface area contributed by atoms with Gasteiger partial charge in [0.1, 0.15) is 11.6 Å². The van der Waals surface area contributed by atoms with Crippen molar-refractivity contribution in [1.29, 1.82) is 0 Å². The number of carbonyl (C=O) groups is 1. The van der Waals surface area contributed by atoms with Crippen molar-refractivity contribution in [1.82, 2.24) is 5.32 Å². The summed E-state index contributed by atoms with van der Waals surface area (Å²) in [5.41, 5.74) is 0.677. The third-order valence-electron chi connectivity index (χ3n) is 2.44. The van der Waals surface area contributed by atoms with Gasteiger partial charge in [-0.05, 0) is 24.7 Å². The Balaban J connectivity index is 2.69. The zero-order chi connectivity index (χ0) is 12.1. The summed E-state index contributed by atoms with van der Waals surface area (Å²) in [6.07, 6.45) is 0.252. The zero-order valence-electron chi connectivity index (χ0n) is 9.39. The Labute approximate surface area is 99.8 Å². The molecule has 0 heterocycles. The average molecular weight is 244 g/mol. The van der Waals surface area contributed by atoms with Crippen LogP contribution in [-0.2, 0) is 11.2 Å². The zero-order valence-corrected chi connectivity index (χ0v) is 10.1. The topological polar surface area (TPSA) is 29.1 Å². The lowest BCUT2D eigenvalue weighted by Gasteiger charge is -2.10. The molecule has 0 saturated carbocycles. The highest BCUT2D eigenvalue weighted by molar-refractivity contribution is 6.31. The molecule has 1 atom stereocenters. The molecule has 0 fully saturated rings. The van der Waals surface area contributed by atoms with E-state index in [-0.39, 0.29) is 23.9 Å². The minimum absolute atomic E-state index is 0.0638. The summed E-state index contributed by atoms with van der Waals surface area (Å²) in [7, 11) is 1.80. The van der Waals surface area contributed by atoms with Gasteiger partial charge in [-0.15, -0.1) is 0 Å². The summed E-state index contributed by atoms with van der Waals surface area (Å²) in [6, 6.07) is 4.10. The summed E-state index contributed by atoms with van der Waals surface area (Å²) < 4.78 is 12.8. The van der Waals surface area contributed by atoms with Gasteiger partial charge in [-0.25, -0.2) is 4.39 Å². The third kappa shape index (κ3) is 3.58. The smallest absolute Gasteiger partial charge is 0.141 e. The number of nitrogens with one attached hydrogen (secondary N) is 1. The van der Waals surface area contributed by atoms with Gasteiger partial charge in [0.25, 0.3) is 0 Å². The van der Waals surface area contributed by atoms with E-state index in [1.165, 1.54) is 12.1 Å². The highest BCUT2D eigenvalue weighted by atomic mass is 35.5. The van der Waals surface area contributed by atoms with Gasteiger partial charge in [0.05, 0.1) is 0 Å². The Bertz CT molecular complexity index is 381. The van der Waals surface area contributed by atoms with Gasteiger partial charge in [-0.1, -0.05) is 24.6 Å². The maximum absolute atomic E-state index is 12.8. The number of benzene rings is 1. The Morgan fingerprint density at radius 1 is 1.56 bits per heavy atom. The number of hydrogen-bond donors (Lipinski definition) is 1. The molecule has 0 amide bonds. The molecule has 88 valence electrons. The van der Waals surface area contributed by atoms with Crippen LogP contribution in [0.1, 0.15) is 12.5 Å². The Kier molecular flexibility index (Phi) is 4.90. The second-order valence-corrected chi connectivity index (χ2v) is 4.24. The fraction of sp³-hybridized carbons (Fsp3) is 0.417. The molecule has 4 heteroatoms. The summed E-state index contributed by atoms with van der Waals surface area (Å²) >= 11 is 5.85. The molecule has 1 aromatic rings. The highest BCUT2D eigenvalue weighted by Crippen LogP contribution is 2.18. The van der Waals surface area contributed by atoms with E-state index in [4.69, 9.17) is 11.6 Å². The van der Waals surface area contributed by atoms with E-state index in [1.807, 2.05) is 6.92 Å². The SMILES string of the molecule is CNCC(C)C(=O)Cc1ccc(F)cc1Cl. The molecule has 0 saturated heterocycles. The first kappa shape index (κ1) is 13.1. The van der Waals surface area contributed by atoms with Crippen LogP contribution in [0.5, 0.6) is 0 Å². The van der Waals surface area contributed by atoms with Gasteiger partial charge in [-0.2, -0.15) is 0 Å². The van der Waals surface area contributed by atoms with E-state index in [0.717, 1.165) is 0 Å². The molecular formula is C12H15ClFNO. The maximum atomic E-state index is 12.8. The number of halogens is 2. The molecule has 0 aromatic heterocycles. The summed E-state index contributed by atoms with van der Waals surface area (Å²) in [4.78, 5) is 11.7. The lowest BCUT2D eigenvalue weighted by Crippen LogP contribution is -2.24. The van der Waals surface area contributed by atoms with Crippen molar-refractivity contribution in [3.63, 3.8) is 0 Å². The number of hydrogen-bond acceptors (Lipinski definition) is 2. The fourth-order valence-electron chi connectivity index (χ4n) is 1.45. The third-order valence-corrected chi connectivity index (χ3v) is 2.79. The quantitative estimate of drug-likeness (QED) is 0.861. The molecule has 0 spiro atoms. The van der Waals surface area contributed by atoms with Gasteiger partial charge in [0.2, 0.25) is 0 Å². The van der Waals surface area contributed by atoms with Crippen molar-refractivity contribution in [3.05, 3.63) is 34.6 Å². The molecule has 1 unspecified atom stereocenters. The van der Waals surface area contributed by atoms with Crippen LogP contribution < -0.4 is 5.32 Å². The number of ketones is 1. The largest absolute Gasteiger partial charge is 0.319 e. The minimum atomic E-state index is -0.385. The number of Topliss-reactive ketones (excluding diaryl/α,β-unsaturated/α-hetero) is 1. The molecule has 1 aromatic carbocycles. The number of rotatable bonds is 5. The lowest BCUT2D eigenvalue weighted by molar-refractivity contribution is -0.121. The molecule has 0 aliphatic heterocycles. The van der Waals surface area contributed by atoms with Crippen molar-refractivity contribution < 1.29 is 9.18 Å².